The van der Waals surface area contributed by atoms with Crippen LogP contribution in [0.1, 0.15) is 171 Å². The Morgan fingerprint density at radius 3 is 1.70 bits per heavy atom. The van der Waals surface area contributed by atoms with Crippen LogP contribution in [0, 0.1) is 75.4 Å². The number of ether oxygens (including phenoxy) is 2. The molecule has 6 saturated carbocycles. The van der Waals surface area contributed by atoms with Crippen LogP contribution in [-0.2, 0) is 19.1 Å². The summed E-state index contributed by atoms with van der Waals surface area (Å²) in [6, 6.07) is 0. The SMILES string of the molecule is CC(C)C1CCC2C(CCC3C(C)(COC(=O)CCC(=O)OC4(C)CCCC5(C)C6CCC(C(C)C)CC6CCC45)CCCC23C)C1. The molecule has 0 bridgehead atoms. The van der Waals surface area contributed by atoms with Gasteiger partial charge in [-0.15, -0.1) is 0 Å². The average molecular weight is 653 g/mol. The maximum Gasteiger partial charge on any atom is 0.306 e. The lowest BCUT2D eigenvalue weighted by Crippen LogP contribution is -2.57. The molecule has 6 aliphatic carbocycles. The van der Waals surface area contributed by atoms with E-state index in [9.17, 15) is 9.59 Å². The van der Waals surface area contributed by atoms with Gasteiger partial charge < -0.3 is 9.47 Å². The third-order valence-corrected chi connectivity index (χ3v) is 16.7. The highest BCUT2D eigenvalue weighted by Gasteiger charge is 2.59. The molecule has 12 atom stereocenters. The summed E-state index contributed by atoms with van der Waals surface area (Å²) in [4.78, 5) is 26.5. The maximum atomic E-state index is 13.4. The minimum absolute atomic E-state index is 0.0379. The fourth-order valence-corrected chi connectivity index (χ4v) is 14.2. The van der Waals surface area contributed by atoms with Gasteiger partial charge in [-0.2, -0.15) is 0 Å². The molecule has 0 spiro atoms. The molecule has 0 N–H and O–H groups in total. The molecule has 0 aliphatic heterocycles. The second-order valence-electron chi connectivity index (χ2n) is 19.9. The molecule has 6 aliphatic rings. The van der Waals surface area contributed by atoms with Crippen LogP contribution in [0.25, 0.3) is 0 Å². The third-order valence-electron chi connectivity index (χ3n) is 16.7. The number of fused-ring (bicyclic) bond motifs is 6. The zero-order valence-electron chi connectivity index (χ0n) is 31.8. The number of esters is 2. The normalized spacial score (nSPS) is 46.5. The summed E-state index contributed by atoms with van der Waals surface area (Å²) >= 11 is 0. The highest BCUT2D eigenvalue weighted by molar-refractivity contribution is 5.78. The molecule has 47 heavy (non-hydrogen) atoms. The molecule has 0 aromatic rings. The van der Waals surface area contributed by atoms with Gasteiger partial charge >= 0.3 is 11.9 Å². The summed E-state index contributed by atoms with van der Waals surface area (Å²) < 4.78 is 12.5. The van der Waals surface area contributed by atoms with Crippen molar-refractivity contribution in [2.24, 2.45) is 75.4 Å². The summed E-state index contributed by atoms with van der Waals surface area (Å²) in [6.45, 7) is 19.9. The van der Waals surface area contributed by atoms with Gasteiger partial charge in [0, 0.05) is 11.3 Å². The Morgan fingerprint density at radius 2 is 1.13 bits per heavy atom. The molecule has 0 aromatic heterocycles. The molecule has 4 nitrogen and oxygen atoms in total. The van der Waals surface area contributed by atoms with E-state index in [4.69, 9.17) is 9.47 Å². The van der Waals surface area contributed by atoms with Crippen molar-refractivity contribution in [2.75, 3.05) is 6.61 Å². The summed E-state index contributed by atoms with van der Waals surface area (Å²) in [5, 5.41) is 0. The molecule has 4 heteroatoms. The van der Waals surface area contributed by atoms with E-state index in [0.717, 1.165) is 66.6 Å². The summed E-state index contributed by atoms with van der Waals surface area (Å²) in [5.41, 5.74) is 0.246. The van der Waals surface area contributed by atoms with E-state index < -0.39 is 5.60 Å². The number of carbonyl (C=O) groups excluding carboxylic acids is 2. The first kappa shape index (κ1) is 35.8. The highest BCUT2D eigenvalue weighted by Crippen LogP contribution is 2.65. The van der Waals surface area contributed by atoms with Crippen LogP contribution >= 0.6 is 0 Å². The predicted octanol–water partition coefficient (Wildman–Crippen LogP) is 11.2. The third kappa shape index (κ3) is 6.73. The Morgan fingerprint density at radius 1 is 0.617 bits per heavy atom. The van der Waals surface area contributed by atoms with Crippen molar-refractivity contribution in [3.05, 3.63) is 0 Å². The first-order valence-corrected chi connectivity index (χ1v) is 20.6. The van der Waals surface area contributed by atoms with E-state index in [0.29, 0.717) is 23.9 Å². The molecule has 0 radical (unpaired) electrons. The fraction of sp³-hybridized carbons (Fsp3) is 0.953. The number of hydrogen-bond donors (Lipinski definition) is 0. The van der Waals surface area contributed by atoms with E-state index in [1.54, 1.807) is 0 Å². The summed E-state index contributed by atoms with van der Waals surface area (Å²) in [5.74, 6) is 7.28. The van der Waals surface area contributed by atoms with Crippen LogP contribution in [0.5, 0.6) is 0 Å². The van der Waals surface area contributed by atoms with Crippen molar-refractivity contribution < 1.29 is 19.1 Å². The van der Waals surface area contributed by atoms with Crippen molar-refractivity contribution in [2.45, 2.75) is 177 Å². The monoisotopic (exact) mass is 653 g/mol. The highest BCUT2D eigenvalue weighted by atomic mass is 16.6. The van der Waals surface area contributed by atoms with E-state index >= 15 is 0 Å². The van der Waals surface area contributed by atoms with Crippen LogP contribution in [0.2, 0.25) is 0 Å². The van der Waals surface area contributed by atoms with Crippen LogP contribution < -0.4 is 0 Å². The average Bonchev–Trinajstić information content (AvgIpc) is 3.02. The number of hydrogen-bond acceptors (Lipinski definition) is 4. The van der Waals surface area contributed by atoms with E-state index in [2.05, 4.69) is 55.4 Å². The second-order valence-corrected chi connectivity index (χ2v) is 19.9. The van der Waals surface area contributed by atoms with Crippen LogP contribution in [0.3, 0.4) is 0 Å². The molecular weight excluding hydrogens is 580 g/mol. The van der Waals surface area contributed by atoms with Gasteiger partial charge in [-0.25, -0.2) is 0 Å². The zero-order valence-corrected chi connectivity index (χ0v) is 31.8. The molecule has 268 valence electrons. The van der Waals surface area contributed by atoms with Gasteiger partial charge in [-0.1, -0.05) is 54.9 Å². The first-order chi connectivity index (χ1) is 22.2. The van der Waals surface area contributed by atoms with Crippen LogP contribution in [0.15, 0.2) is 0 Å². The number of rotatable bonds is 8. The van der Waals surface area contributed by atoms with Crippen molar-refractivity contribution in [3.8, 4) is 0 Å². The molecule has 6 fully saturated rings. The van der Waals surface area contributed by atoms with E-state index in [1.165, 1.54) is 83.5 Å². The van der Waals surface area contributed by atoms with Crippen molar-refractivity contribution in [1.29, 1.82) is 0 Å². The molecule has 6 rings (SSSR count). The van der Waals surface area contributed by atoms with Crippen molar-refractivity contribution >= 4 is 11.9 Å². The lowest BCUT2D eigenvalue weighted by atomic mass is 9.44. The molecule has 0 heterocycles. The Kier molecular flexibility index (Phi) is 10.3. The predicted molar refractivity (Wildman–Crippen MR) is 190 cm³/mol. The van der Waals surface area contributed by atoms with Gasteiger partial charge in [-0.05, 0) is 167 Å². The Hall–Kier alpha value is -1.06. The van der Waals surface area contributed by atoms with Crippen LogP contribution in [0.4, 0.5) is 0 Å². The maximum absolute atomic E-state index is 13.4. The van der Waals surface area contributed by atoms with Gasteiger partial charge in [-0.3, -0.25) is 9.59 Å². The largest absolute Gasteiger partial charge is 0.465 e. The Balaban J connectivity index is 1.01. The standard InChI is InChI=1S/C43H72O4/c1-28(2)30-11-15-34-32(25-30)13-17-36-40(5,21-9-22-41(34,36)6)27-46-38(44)19-20-39(45)47-43(8)24-10-23-42(7)35-16-12-31(29(3)4)26-33(35)14-18-37(42)43/h28-37H,9-27H2,1-8H3. The summed E-state index contributed by atoms with van der Waals surface area (Å²) in [7, 11) is 0. The summed E-state index contributed by atoms with van der Waals surface area (Å²) in [6.07, 6.45) is 20.7. The van der Waals surface area contributed by atoms with E-state index in [1.807, 2.05) is 0 Å². The molecular formula is C43H72O4. The number of carbonyl (C=O) groups is 2. The molecule has 12 unspecified atom stereocenters. The van der Waals surface area contributed by atoms with Gasteiger partial charge in [0.15, 0.2) is 0 Å². The van der Waals surface area contributed by atoms with Gasteiger partial charge in [0.1, 0.15) is 5.60 Å². The van der Waals surface area contributed by atoms with Gasteiger partial charge in [0.25, 0.3) is 0 Å². The lowest BCUT2D eigenvalue weighted by Gasteiger charge is -2.61. The molecule has 0 amide bonds. The van der Waals surface area contributed by atoms with Crippen LogP contribution in [-0.4, -0.2) is 24.1 Å². The lowest BCUT2D eigenvalue weighted by molar-refractivity contribution is -0.198. The Bertz CT molecular complexity index is 1130. The smallest absolute Gasteiger partial charge is 0.306 e. The second kappa shape index (κ2) is 13.6. The van der Waals surface area contributed by atoms with Crippen molar-refractivity contribution in [3.63, 3.8) is 0 Å². The molecule has 0 aromatic carbocycles. The molecule has 0 saturated heterocycles. The first-order valence-electron chi connectivity index (χ1n) is 20.6. The fourth-order valence-electron chi connectivity index (χ4n) is 14.2. The quantitative estimate of drug-likeness (QED) is 0.245. The Labute approximate surface area is 289 Å². The van der Waals surface area contributed by atoms with Gasteiger partial charge in [0.2, 0.25) is 0 Å². The van der Waals surface area contributed by atoms with Crippen molar-refractivity contribution in [1.82, 2.24) is 0 Å². The minimum atomic E-state index is -0.416. The minimum Gasteiger partial charge on any atom is -0.465 e. The van der Waals surface area contributed by atoms with Gasteiger partial charge in [0.05, 0.1) is 19.4 Å². The topological polar surface area (TPSA) is 52.6 Å². The van der Waals surface area contributed by atoms with E-state index in [-0.39, 0.29) is 35.6 Å². The zero-order chi connectivity index (χ0) is 33.8.